The molecule has 0 saturated carbocycles. The van der Waals surface area contributed by atoms with Crippen molar-refractivity contribution in [1.82, 2.24) is 0 Å². The minimum Gasteiger partial charge on any atom is -0.478 e. The molecule has 0 unspecified atom stereocenters. The maximum absolute atomic E-state index is 11.7. The van der Waals surface area contributed by atoms with E-state index in [0.717, 1.165) is 5.56 Å². The Kier molecular flexibility index (Phi) is 4.63. The Bertz CT molecular complexity index is 542. The molecule has 0 aromatic heterocycles. The van der Waals surface area contributed by atoms with Crippen molar-refractivity contribution in [3.63, 3.8) is 0 Å². The highest BCUT2D eigenvalue weighted by Gasteiger charge is 2.15. The van der Waals surface area contributed by atoms with E-state index in [-0.39, 0.29) is 23.5 Å². The lowest BCUT2D eigenvalue weighted by Crippen LogP contribution is -2.10. The van der Waals surface area contributed by atoms with Gasteiger partial charge < -0.3 is 5.11 Å². The number of aryl methyl sites for hydroxylation is 1. The molecule has 0 fully saturated rings. The molecular formula is C12H14O5S. The van der Waals surface area contributed by atoms with Gasteiger partial charge in [0.25, 0.3) is 10.1 Å². The van der Waals surface area contributed by atoms with Gasteiger partial charge in [-0.1, -0.05) is 24.3 Å². The molecule has 0 aliphatic heterocycles. The van der Waals surface area contributed by atoms with E-state index in [2.05, 4.69) is 6.58 Å². The standard InChI is InChI=1S/C12H14O5S/c1-9-3-5-11(6-4-9)18(15,16)17-8-7-10(2)12(13)14/h3-6H,2,7-8H2,1H3,(H,13,14). The van der Waals surface area contributed by atoms with Gasteiger partial charge in [0.1, 0.15) is 0 Å². The van der Waals surface area contributed by atoms with Crippen LogP contribution in [0, 0.1) is 6.92 Å². The van der Waals surface area contributed by atoms with Gasteiger partial charge >= 0.3 is 5.97 Å². The van der Waals surface area contributed by atoms with Crippen molar-refractivity contribution < 1.29 is 22.5 Å². The zero-order chi connectivity index (χ0) is 13.8. The fourth-order valence-electron chi connectivity index (χ4n) is 1.15. The topological polar surface area (TPSA) is 80.7 Å². The van der Waals surface area contributed by atoms with E-state index in [9.17, 15) is 13.2 Å². The van der Waals surface area contributed by atoms with Crippen LogP contribution < -0.4 is 0 Å². The highest BCUT2D eigenvalue weighted by atomic mass is 32.2. The van der Waals surface area contributed by atoms with E-state index in [1.54, 1.807) is 12.1 Å². The fraction of sp³-hybridized carbons (Fsp3) is 0.250. The van der Waals surface area contributed by atoms with E-state index in [4.69, 9.17) is 9.29 Å². The molecule has 1 N–H and O–H groups in total. The second kappa shape index (κ2) is 5.79. The van der Waals surface area contributed by atoms with Crippen LogP contribution in [0.1, 0.15) is 12.0 Å². The minimum absolute atomic E-state index is 0.0412. The van der Waals surface area contributed by atoms with Crippen molar-refractivity contribution in [3.05, 3.63) is 42.0 Å². The van der Waals surface area contributed by atoms with Crippen molar-refractivity contribution in [2.45, 2.75) is 18.2 Å². The average molecular weight is 270 g/mol. The summed E-state index contributed by atoms with van der Waals surface area (Å²) in [5, 5.41) is 8.55. The van der Waals surface area contributed by atoms with Gasteiger partial charge in [0.2, 0.25) is 0 Å². The van der Waals surface area contributed by atoms with Gasteiger partial charge in [0.15, 0.2) is 0 Å². The zero-order valence-electron chi connectivity index (χ0n) is 9.92. The van der Waals surface area contributed by atoms with E-state index < -0.39 is 16.1 Å². The largest absolute Gasteiger partial charge is 0.478 e. The van der Waals surface area contributed by atoms with Gasteiger partial charge in [-0.25, -0.2) is 4.79 Å². The summed E-state index contributed by atoms with van der Waals surface area (Å²) < 4.78 is 28.1. The maximum Gasteiger partial charge on any atom is 0.331 e. The fourth-order valence-corrected chi connectivity index (χ4v) is 2.06. The molecule has 0 aliphatic carbocycles. The lowest BCUT2D eigenvalue weighted by Gasteiger charge is -2.05. The molecule has 0 spiro atoms. The first-order chi connectivity index (χ1) is 8.33. The lowest BCUT2D eigenvalue weighted by atomic mass is 10.2. The number of hydrogen-bond donors (Lipinski definition) is 1. The minimum atomic E-state index is -3.83. The number of aliphatic carboxylic acids is 1. The van der Waals surface area contributed by atoms with Gasteiger partial charge in [-0.15, -0.1) is 0 Å². The molecule has 98 valence electrons. The van der Waals surface area contributed by atoms with Crippen LogP contribution in [-0.2, 0) is 19.1 Å². The van der Waals surface area contributed by atoms with Crippen molar-refractivity contribution in [3.8, 4) is 0 Å². The summed E-state index contributed by atoms with van der Waals surface area (Å²) in [6, 6.07) is 6.20. The predicted octanol–water partition coefficient (Wildman–Crippen LogP) is 1.73. The van der Waals surface area contributed by atoms with Crippen LogP contribution in [0.5, 0.6) is 0 Å². The molecule has 0 heterocycles. The Morgan fingerprint density at radius 3 is 2.39 bits per heavy atom. The van der Waals surface area contributed by atoms with Crippen molar-refractivity contribution in [2.24, 2.45) is 0 Å². The molecular weight excluding hydrogens is 256 g/mol. The van der Waals surface area contributed by atoms with Crippen LogP contribution in [0.3, 0.4) is 0 Å². The highest BCUT2D eigenvalue weighted by molar-refractivity contribution is 7.86. The van der Waals surface area contributed by atoms with Gasteiger partial charge in [-0.3, -0.25) is 4.18 Å². The summed E-state index contributed by atoms with van der Waals surface area (Å²) in [7, 11) is -3.83. The summed E-state index contributed by atoms with van der Waals surface area (Å²) in [6.07, 6.45) is -0.0412. The van der Waals surface area contributed by atoms with Gasteiger partial charge in [-0.05, 0) is 19.1 Å². The molecule has 0 atom stereocenters. The first-order valence-electron chi connectivity index (χ1n) is 5.20. The molecule has 1 aromatic carbocycles. The van der Waals surface area contributed by atoms with Crippen molar-refractivity contribution in [1.29, 1.82) is 0 Å². The molecule has 5 nitrogen and oxygen atoms in total. The number of carboxylic acids is 1. The zero-order valence-corrected chi connectivity index (χ0v) is 10.7. The first-order valence-corrected chi connectivity index (χ1v) is 6.61. The lowest BCUT2D eigenvalue weighted by molar-refractivity contribution is -0.132. The second-order valence-electron chi connectivity index (χ2n) is 3.75. The van der Waals surface area contributed by atoms with Crippen LogP contribution in [0.25, 0.3) is 0 Å². The SMILES string of the molecule is C=C(CCOS(=O)(=O)c1ccc(C)cc1)C(=O)O. The molecule has 0 bridgehead atoms. The first kappa shape index (κ1) is 14.4. The quantitative estimate of drug-likeness (QED) is 0.629. The molecule has 0 amide bonds. The van der Waals surface area contributed by atoms with E-state index in [1.807, 2.05) is 6.92 Å². The predicted molar refractivity (Wildman–Crippen MR) is 65.7 cm³/mol. The number of carboxylic acid groups (broad SMARTS) is 1. The molecule has 1 rings (SSSR count). The number of carbonyl (C=O) groups is 1. The Balaban J connectivity index is 2.63. The summed E-state index contributed by atoms with van der Waals surface area (Å²) in [5.41, 5.74) is 0.849. The van der Waals surface area contributed by atoms with Crippen LogP contribution >= 0.6 is 0 Å². The molecule has 0 radical (unpaired) electrons. The Labute approximate surface area is 106 Å². The smallest absolute Gasteiger partial charge is 0.331 e. The molecule has 18 heavy (non-hydrogen) atoms. The second-order valence-corrected chi connectivity index (χ2v) is 5.36. The van der Waals surface area contributed by atoms with Gasteiger partial charge in [0.05, 0.1) is 11.5 Å². The van der Waals surface area contributed by atoms with Gasteiger partial charge in [0, 0.05) is 12.0 Å². The summed E-state index contributed by atoms with van der Waals surface area (Å²) in [4.78, 5) is 10.5. The average Bonchev–Trinajstić information content (AvgIpc) is 2.29. The third-order valence-electron chi connectivity index (χ3n) is 2.25. The third kappa shape index (κ3) is 3.97. The van der Waals surface area contributed by atoms with E-state index in [0.29, 0.717) is 0 Å². The van der Waals surface area contributed by atoms with Crippen LogP contribution in [0.2, 0.25) is 0 Å². The van der Waals surface area contributed by atoms with Crippen LogP contribution in [0.4, 0.5) is 0 Å². The highest BCUT2D eigenvalue weighted by Crippen LogP contribution is 2.14. The normalized spacial score (nSPS) is 11.2. The van der Waals surface area contributed by atoms with Crippen LogP contribution in [-0.4, -0.2) is 26.1 Å². The maximum atomic E-state index is 11.7. The van der Waals surface area contributed by atoms with E-state index in [1.165, 1.54) is 12.1 Å². The Morgan fingerprint density at radius 2 is 1.89 bits per heavy atom. The molecule has 0 aliphatic rings. The molecule has 0 saturated heterocycles. The van der Waals surface area contributed by atoms with Crippen molar-refractivity contribution >= 4 is 16.1 Å². The van der Waals surface area contributed by atoms with Crippen LogP contribution in [0.15, 0.2) is 41.3 Å². The summed E-state index contributed by atoms with van der Waals surface area (Å²) >= 11 is 0. The van der Waals surface area contributed by atoms with E-state index >= 15 is 0 Å². The summed E-state index contributed by atoms with van der Waals surface area (Å²) in [5.74, 6) is -1.16. The third-order valence-corrected chi connectivity index (χ3v) is 3.58. The number of rotatable bonds is 6. The summed E-state index contributed by atoms with van der Waals surface area (Å²) in [6.45, 7) is 4.89. The molecule has 1 aromatic rings. The Hall–Kier alpha value is -1.66. The monoisotopic (exact) mass is 270 g/mol. The van der Waals surface area contributed by atoms with Gasteiger partial charge in [-0.2, -0.15) is 8.42 Å². The number of hydrogen-bond acceptors (Lipinski definition) is 4. The number of benzene rings is 1. The van der Waals surface area contributed by atoms with Crippen molar-refractivity contribution in [2.75, 3.05) is 6.61 Å². The molecule has 6 heteroatoms. The Morgan fingerprint density at radius 1 is 1.33 bits per heavy atom.